The summed E-state index contributed by atoms with van der Waals surface area (Å²) in [6.07, 6.45) is 3.77. The molecule has 0 N–H and O–H groups in total. The van der Waals surface area contributed by atoms with Gasteiger partial charge in [-0.25, -0.2) is 4.98 Å². The van der Waals surface area contributed by atoms with Gasteiger partial charge in [0.15, 0.2) is 0 Å². The predicted molar refractivity (Wildman–Crippen MR) is 110 cm³/mol. The van der Waals surface area contributed by atoms with E-state index < -0.39 is 0 Å². The van der Waals surface area contributed by atoms with E-state index in [0.717, 1.165) is 22.6 Å². The molecule has 0 saturated heterocycles. The zero-order valence-electron chi connectivity index (χ0n) is 14.3. The Morgan fingerprint density at radius 1 is 0.731 bits per heavy atom. The number of hydrogen-bond donors (Lipinski definition) is 0. The van der Waals surface area contributed by atoms with Gasteiger partial charge in [-0.1, -0.05) is 77.8 Å². The van der Waals surface area contributed by atoms with Crippen LogP contribution in [0.15, 0.2) is 91.3 Å². The second-order valence-electron chi connectivity index (χ2n) is 5.64. The van der Waals surface area contributed by atoms with Gasteiger partial charge in [0.2, 0.25) is 0 Å². The summed E-state index contributed by atoms with van der Waals surface area (Å²) in [5, 5.41) is 1.37. The lowest BCUT2D eigenvalue weighted by molar-refractivity contribution is 0.975. The van der Waals surface area contributed by atoms with Gasteiger partial charge in [0.1, 0.15) is 5.82 Å². The minimum atomic E-state index is 0.684. The number of aryl methyl sites for hydroxylation is 1. The summed E-state index contributed by atoms with van der Waals surface area (Å²) in [5.74, 6) is 1.02. The Labute approximate surface area is 163 Å². The number of hydrogen-bond acceptors (Lipinski definition) is 1. The molecule has 0 fully saturated rings. The molecule has 1 aromatic heterocycles. The summed E-state index contributed by atoms with van der Waals surface area (Å²) in [7, 11) is 0. The maximum absolute atomic E-state index is 6.08. The van der Waals surface area contributed by atoms with Gasteiger partial charge in [0.05, 0.1) is 0 Å². The van der Waals surface area contributed by atoms with Crippen LogP contribution in [0.2, 0.25) is 10.0 Å². The Hall–Kier alpha value is -2.55. The van der Waals surface area contributed by atoms with Crippen LogP contribution in [-0.2, 0) is 0 Å². The molecular formula is C22H18Cl2N2. The molecule has 2 nitrogen and oxygen atoms in total. The van der Waals surface area contributed by atoms with Crippen molar-refractivity contribution in [3.05, 3.63) is 107 Å². The average molecular weight is 381 g/mol. The van der Waals surface area contributed by atoms with E-state index in [1.54, 1.807) is 0 Å². The summed E-state index contributed by atoms with van der Waals surface area (Å²) in [6.45, 7) is 1.99. The van der Waals surface area contributed by atoms with Gasteiger partial charge in [-0.15, -0.1) is 0 Å². The fourth-order valence-corrected chi connectivity index (χ4v) is 3.23. The predicted octanol–water partition coefficient (Wildman–Crippen LogP) is 6.84. The second kappa shape index (κ2) is 8.70. The molecule has 0 saturated carbocycles. The van der Waals surface area contributed by atoms with Crippen molar-refractivity contribution in [2.75, 3.05) is 0 Å². The third kappa shape index (κ3) is 4.34. The first-order valence-corrected chi connectivity index (χ1v) is 8.97. The quantitative estimate of drug-likeness (QED) is 0.372. The SMILES string of the molecule is Cc1nccn1-c1ccccc1.Clc1cccc(Cl)c1-c1ccccc1. The van der Waals surface area contributed by atoms with Crippen molar-refractivity contribution in [1.29, 1.82) is 0 Å². The first-order chi connectivity index (χ1) is 12.7. The highest BCUT2D eigenvalue weighted by Gasteiger charge is 2.06. The van der Waals surface area contributed by atoms with E-state index in [1.807, 2.05) is 86.0 Å². The highest BCUT2D eigenvalue weighted by atomic mass is 35.5. The van der Waals surface area contributed by atoms with Crippen LogP contribution in [0, 0.1) is 6.92 Å². The third-order valence-corrected chi connectivity index (χ3v) is 4.52. The minimum Gasteiger partial charge on any atom is -0.304 e. The van der Waals surface area contributed by atoms with E-state index in [1.165, 1.54) is 0 Å². The fraction of sp³-hybridized carbons (Fsp3) is 0.0455. The fourth-order valence-electron chi connectivity index (χ4n) is 2.62. The molecule has 0 atom stereocenters. The molecule has 0 amide bonds. The Kier molecular flexibility index (Phi) is 6.11. The molecule has 3 aromatic carbocycles. The molecule has 0 unspecified atom stereocenters. The molecule has 26 heavy (non-hydrogen) atoms. The van der Waals surface area contributed by atoms with Crippen molar-refractivity contribution in [2.24, 2.45) is 0 Å². The monoisotopic (exact) mass is 380 g/mol. The van der Waals surface area contributed by atoms with Crippen LogP contribution in [-0.4, -0.2) is 9.55 Å². The smallest absolute Gasteiger partial charge is 0.110 e. The number of nitrogens with zero attached hydrogens (tertiary/aromatic N) is 2. The van der Waals surface area contributed by atoms with Gasteiger partial charge in [0, 0.05) is 33.7 Å². The number of rotatable bonds is 2. The Bertz CT molecular complexity index is 944. The van der Waals surface area contributed by atoms with Crippen molar-refractivity contribution >= 4 is 23.2 Å². The number of benzene rings is 3. The molecule has 4 heteroatoms. The summed E-state index contributed by atoms with van der Waals surface area (Å²) in [6, 6.07) is 25.6. The van der Waals surface area contributed by atoms with E-state index in [4.69, 9.17) is 23.2 Å². The number of halogens is 2. The maximum Gasteiger partial charge on any atom is 0.110 e. The van der Waals surface area contributed by atoms with E-state index in [-0.39, 0.29) is 0 Å². The van der Waals surface area contributed by atoms with Gasteiger partial charge < -0.3 is 4.57 Å². The lowest BCUT2D eigenvalue weighted by Crippen LogP contribution is -1.93. The lowest BCUT2D eigenvalue weighted by Gasteiger charge is -2.06. The zero-order chi connectivity index (χ0) is 18.4. The van der Waals surface area contributed by atoms with Crippen molar-refractivity contribution < 1.29 is 0 Å². The molecule has 0 aliphatic rings. The van der Waals surface area contributed by atoms with Gasteiger partial charge in [-0.2, -0.15) is 0 Å². The molecule has 4 rings (SSSR count). The van der Waals surface area contributed by atoms with Crippen molar-refractivity contribution in [1.82, 2.24) is 9.55 Å². The average Bonchev–Trinajstić information content (AvgIpc) is 3.10. The van der Waals surface area contributed by atoms with E-state index in [0.29, 0.717) is 10.0 Å². The van der Waals surface area contributed by atoms with Gasteiger partial charge in [-0.3, -0.25) is 0 Å². The highest BCUT2D eigenvalue weighted by Crippen LogP contribution is 2.33. The van der Waals surface area contributed by atoms with Crippen LogP contribution in [0.4, 0.5) is 0 Å². The van der Waals surface area contributed by atoms with Crippen molar-refractivity contribution in [2.45, 2.75) is 6.92 Å². The molecular weight excluding hydrogens is 363 g/mol. The summed E-state index contributed by atoms with van der Waals surface area (Å²) in [4.78, 5) is 4.16. The van der Waals surface area contributed by atoms with Gasteiger partial charge in [-0.05, 0) is 36.8 Å². The Morgan fingerprint density at radius 3 is 1.85 bits per heavy atom. The molecule has 0 radical (unpaired) electrons. The summed E-state index contributed by atoms with van der Waals surface area (Å²) in [5.41, 5.74) is 3.10. The maximum atomic E-state index is 6.08. The topological polar surface area (TPSA) is 17.8 Å². The minimum absolute atomic E-state index is 0.684. The first kappa shape index (κ1) is 18.2. The van der Waals surface area contributed by atoms with Crippen LogP contribution in [0.25, 0.3) is 16.8 Å². The second-order valence-corrected chi connectivity index (χ2v) is 6.46. The normalized spacial score (nSPS) is 10.1. The van der Waals surface area contributed by atoms with E-state index in [9.17, 15) is 0 Å². The number of imidazole rings is 1. The van der Waals surface area contributed by atoms with Gasteiger partial charge >= 0.3 is 0 Å². The summed E-state index contributed by atoms with van der Waals surface area (Å²) < 4.78 is 2.06. The molecule has 0 aliphatic carbocycles. The van der Waals surface area contributed by atoms with E-state index in [2.05, 4.69) is 21.7 Å². The first-order valence-electron chi connectivity index (χ1n) is 8.21. The summed E-state index contributed by atoms with van der Waals surface area (Å²) >= 11 is 12.2. The molecule has 1 heterocycles. The van der Waals surface area contributed by atoms with E-state index >= 15 is 0 Å². The van der Waals surface area contributed by atoms with Crippen LogP contribution in [0.1, 0.15) is 5.82 Å². The zero-order valence-corrected chi connectivity index (χ0v) is 15.8. The lowest BCUT2D eigenvalue weighted by atomic mass is 10.1. The Balaban J connectivity index is 0.000000152. The molecule has 0 aliphatic heterocycles. The third-order valence-electron chi connectivity index (χ3n) is 3.89. The number of aromatic nitrogens is 2. The van der Waals surface area contributed by atoms with Crippen LogP contribution < -0.4 is 0 Å². The van der Waals surface area contributed by atoms with Crippen molar-refractivity contribution in [3.8, 4) is 16.8 Å². The van der Waals surface area contributed by atoms with Crippen LogP contribution >= 0.6 is 23.2 Å². The molecule has 4 aromatic rings. The Morgan fingerprint density at radius 2 is 1.31 bits per heavy atom. The van der Waals surface area contributed by atoms with Crippen LogP contribution in [0.5, 0.6) is 0 Å². The van der Waals surface area contributed by atoms with Crippen LogP contribution in [0.3, 0.4) is 0 Å². The largest absolute Gasteiger partial charge is 0.304 e. The number of para-hydroxylation sites is 1. The van der Waals surface area contributed by atoms with Gasteiger partial charge in [0.25, 0.3) is 0 Å². The standard InChI is InChI=1S/C12H8Cl2.C10H10N2/c13-10-7-4-8-11(14)12(10)9-5-2-1-3-6-9;1-9-11-7-8-12(9)10-5-3-2-4-6-10/h1-8H;2-8H,1H3. The van der Waals surface area contributed by atoms with Crippen molar-refractivity contribution in [3.63, 3.8) is 0 Å². The molecule has 0 bridgehead atoms. The molecule has 130 valence electrons. The molecule has 0 spiro atoms. The highest BCUT2D eigenvalue weighted by molar-refractivity contribution is 6.39.